The second-order valence-electron chi connectivity index (χ2n) is 10.2. The van der Waals surface area contributed by atoms with Crippen molar-refractivity contribution in [3.8, 4) is 0 Å². The number of epoxide rings is 1. The third-order valence-corrected chi connectivity index (χ3v) is 7.55. The molecule has 1 N–H and O–H groups in total. The van der Waals surface area contributed by atoms with E-state index in [1.165, 1.54) is 82.0 Å². The van der Waals surface area contributed by atoms with Gasteiger partial charge in [-0.1, -0.05) is 44.3 Å². The number of rotatable bonds is 19. The zero-order valence-electron chi connectivity index (χ0n) is 21.3. The van der Waals surface area contributed by atoms with Crippen LogP contribution < -0.4 is 0 Å². The maximum absolute atomic E-state index is 9.45. The summed E-state index contributed by atoms with van der Waals surface area (Å²) in [6.07, 6.45) is 17.6. The number of aliphatic hydroxyl groups is 1. The number of quaternary nitrogens is 1. The van der Waals surface area contributed by atoms with Crippen LogP contribution in [0.4, 0.5) is 0 Å². The van der Waals surface area contributed by atoms with Gasteiger partial charge in [0.1, 0.15) is 0 Å². The molecule has 3 nitrogen and oxygen atoms in total. The molecule has 1 aliphatic rings. The van der Waals surface area contributed by atoms with E-state index in [1.807, 2.05) is 6.92 Å². The predicted octanol–water partition coefficient (Wildman–Crippen LogP) is 7.03. The average molecular weight is 425 g/mol. The summed E-state index contributed by atoms with van der Waals surface area (Å²) < 4.78 is 7.22. The Bertz CT molecular complexity index is 469. The molecule has 3 atom stereocenters. The number of unbranched alkanes of at least 4 members (excludes halogenated alkanes) is 5. The van der Waals surface area contributed by atoms with Crippen molar-refractivity contribution in [3.05, 3.63) is 11.6 Å². The highest BCUT2D eigenvalue weighted by molar-refractivity contribution is 5.03. The van der Waals surface area contributed by atoms with E-state index in [9.17, 15) is 5.11 Å². The van der Waals surface area contributed by atoms with E-state index in [-0.39, 0.29) is 11.7 Å². The Labute approximate surface area is 188 Å². The topological polar surface area (TPSA) is 32.8 Å². The normalized spacial score (nSPS) is 23.0. The number of nitrogens with zero attached hydrogens (tertiary/aromatic N) is 1. The lowest BCUT2D eigenvalue weighted by Crippen LogP contribution is -2.49. The van der Waals surface area contributed by atoms with Gasteiger partial charge in [0.05, 0.1) is 44.0 Å². The van der Waals surface area contributed by atoms with Gasteiger partial charge in [-0.25, -0.2) is 0 Å². The van der Waals surface area contributed by atoms with Crippen LogP contribution in [0.2, 0.25) is 0 Å². The zero-order chi connectivity index (χ0) is 22.5. The molecule has 178 valence electrons. The Morgan fingerprint density at radius 1 is 1.03 bits per heavy atom. The van der Waals surface area contributed by atoms with Gasteiger partial charge in [0.15, 0.2) is 0 Å². The number of ether oxygens (including phenoxy) is 1. The number of hydrogen-bond donors (Lipinski definition) is 1. The quantitative estimate of drug-likeness (QED) is 0.104. The van der Waals surface area contributed by atoms with Gasteiger partial charge >= 0.3 is 0 Å². The molecule has 1 aliphatic heterocycles. The summed E-state index contributed by atoms with van der Waals surface area (Å²) in [5, 5.41) is 9.45. The minimum absolute atomic E-state index is 0.0548. The third kappa shape index (κ3) is 10.8. The fourth-order valence-corrected chi connectivity index (χ4v) is 4.86. The summed E-state index contributed by atoms with van der Waals surface area (Å²) >= 11 is 0. The van der Waals surface area contributed by atoms with E-state index < -0.39 is 0 Å². The highest BCUT2D eigenvalue weighted by atomic mass is 16.6. The van der Waals surface area contributed by atoms with E-state index >= 15 is 0 Å². The third-order valence-electron chi connectivity index (χ3n) is 7.55. The fourth-order valence-electron chi connectivity index (χ4n) is 4.86. The van der Waals surface area contributed by atoms with Gasteiger partial charge in [-0.15, -0.1) is 0 Å². The molecule has 1 rings (SSSR count). The first-order valence-electron chi connectivity index (χ1n) is 13.2. The Hall–Kier alpha value is -0.380. The Morgan fingerprint density at radius 2 is 1.67 bits per heavy atom. The van der Waals surface area contributed by atoms with Crippen LogP contribution in [0.1, 0.15) is 119 Å². The van der Waals surface area contributed by atoms with E-state index in [2.05, 4.69) is 40.7 Å². The first kappa shape index (κ1) is 27.7. The highest BCUT2D eigenvalue weighted by Crippen LogP contribution is 2.43. The molecule has 0 radical (unpaired) electrons. The van der Waals surface area contributed by atoms with Gasteiger partial charge in [0, 0.05) is 6.42 Å². The lowest BCUT2D eigenvalue weighted by molar-refractivity contribution is -0.925. The molecule has 3 unspecified atom stereocenters. The zero-order valence-corrected chi connectivity index (χ0v) is 21.3. The van der Waals surface area contributed by atoms with Crippen LogP contribution in [-0.4, -0.2) is 53.6 Å². The second kappa shape index (κ2) is 14.6. The lowest BCUT2D eigenvalue weighted by Gasteiger charge is -2.37. The summed E-state index contributed by atoms with van der Waals surface area (Å²) in [6, 6.07) is 0. The predicted molar refractivity (Wildman–Crippen MR) is 131 cm³/mol. The monoisotopic (exact) mass is 424 g/mol. The molecule has 0 spiro atoms. The molecule has 30 heavy (non-hydrogen) atoms. The molecule has 1 fully saturated rings. The van der Waals surface area contributed by atoms with Crippen LogP contribution in [-0.2, 0) is 4.74 Å². The fraction of sp³-hybridized carbons (Fsp3) is 0.926. The molecule has 0 bridgehead atoms. The molecule has 0 aromatic heterocycles. The van der Waals surface area contributed by atoms with Gasteiger partial charge in [0.2, 0.25) is 0 Å². The Kier molecular flexibility index (Phi) is 13.5. The van der Waals surface area contributed by atoms with Gasteiger partial charge in [0.25, 0.3) is 0 Å². The van der Waals surface area contributed by atoms with Crippen molar-refractivity contribution < 1.29 is 14.3 Å². The maximum atomic E-state index is 9.45. The lowest BCUT2D eigenvalue weighted by atomic mass is 9.96. The molecule has 0 aromatic rings. The summed E-state index contributed by atoms with van der Waals surface area (Å²) in [7, 11) is 0. The van der Waals surface area contributed by atoms with Gasteiger partial charge in [-0.3, -0.25) is 0 Å². The van der Waals surface area contributed by atoms with Gasteiger partial charge < -0.3 is 14.3 Å². The Morgan fingerprint density at radius 3 is 2.30 bits per heavy atom. The highest BCUT2D eigenvalue weighted by Gasteiger charge is 2.50. The van der Waals surface area contributed by atoms with Crippen LogP contribution in [0.5, 0.6) is 0 Å². The molecule has 3 heteroatoms. The molecular formula is C27H54NO2+. The molecule has 0 aliphatic carbocycles. The minimum atomic E-state index is -0.210. The molecular weight excluding hydrogens is 370 g/mol. The largest absolute Gasteiger partial charge is 0.393 e. The maximum Gasteiger partial charge on any atom is 0.0923 e. The van der Waals surface area contributed by atoms with E-state index in [1.54, 1.807) is 5.57 Å². The number of hydrogen-bond acceptors (Lipinski definition) is 2. The molecule has 0 aromatic carbocycles. The second-order valence-corrected chi connectivity index (χ2v) is 10.2. The first-order chi connectivity index (χ1) is 14.3. The first-order valence-corrected chi connectivity index (χ1v) is 13.2. The number of aliphatic hydroxyl groups excluding tert-OH is 1. The van der Waals surface area contributed by atoms with Crippen molar-refractivity contribution in [1.82, 2.24) is 0 Å². The summed E-state index contributed by atoms with van der Waals surface area (Å²) in [5.74, 6) is 0. The summed E-state index contributed by atoms with van der Waals surface area (Å²) in [5.41, 5.74) is 1.60. The van der Waals surface area contributed by atoms with Crippen LogP contribution in [0.3, 0.4) is 0 Å². The van der Waals surface area contributed by atoms with Crippen LogP contribution in [0.25, 0.3) is 0 Å². The molecule has 1 saturated heterocycles. The van der Waals surface area contributed by atoms with Crippen molar-refractivity contribution in [2.45, 2.75) is 136 Å². The van der Waals surface area contributed by atoms with Crippen molar-refractivity contribution in [1.29, 1.82) is 0 Å². The Balaban J connectivity index is 2.25. The van der Waals surface area contributed by atoms with Crippen molar-refractivity contribution in [3.63, 3.8) is 0 Å². The average Bonchev–Trinajstić information content (AvgIpc) is 3.37. The van der Waals surface area contributed by atoms with Crippen LogP contribution in [0, 0.1) is 0 Å². The van der Waals surface area contributed by atoms with Gasteiger partial charge in [-0.05, 0) is 79.6 Å². The molecule has 0 amide bonds. The SMILES string of the molecule is CCCCCCCC[N+](CC)(CC)CCCC(C)=CCCC1(C)OC1CCC(C)O. The molecule has 0 saturated carbocycles. The number of allylic oxidation sites excluding steroid dienone is 2. The smallest absolute Gasteiger partial charge is 0.0923 e. The summed E-state index contributed by atoms with van der Waals surface area (Å²) in [6.45, 7) is 18.7. The van der Waals surface area contributed by atoms with E-state index in [4.69, 9.17) is 4.74 Å². The van der Waals surface area contributed by atoms with E-state index in [0.717, 1.165) is 25.7 Å². The van der Waals surface area contributed by atoms with Crippen molar-refractivity contribution in [2.24, 2.45) is 0 Å². The van der Waals surface area contributed by atoms with Crippen LogP contribution in [0.15, 0.2) is 11.6 Å². The van der Waals surface area contributed by atoms with E-state index in [0.29, 0.717) is 6.10 Å². The van der Waals surface area contributed by atoms with Crippen LogP contribution >= 0.6 is 0 Å². The van der Waals surface area contributed by atoms with Crippen molar-refractivity contribution in [2.75, 3.05) is 26.2 Å². The van der Waals surface area contributed by atoms with Gasteiger partial charge in [-0.2, -0.15) is 0 Å². The van der Waals surface area contributed by atoms with Crippen molar-refractivity contribution >= 4 is 0 Å². The summed E-state index contributed by atoms with van der Waals surface area (Å²) in [4.78, 5) is 0. The standard InChI is InChI=1S/C27H54NO2/c1-7-10-11-12-13-14-22-28(8-2,9-3)23-16-18-24(4)17-15-21-27(6)26(30-27)20-19-25(5)29/h17,25-26,29H,7-16,18-23H2,1-6H3/q+1. The minimum Gasteiger partial charge on any atom is -0.393 e. The molecule has 1 heterocycles.